The van der Waals surface area contributed by atoms with Crippen LogP contribution in [0.15, 0.2) is 65.7 Å². The van der Waals surface area contributed by atoms with Crippen molar-refractivity contribution in [1.29, 1.82) is 0 Å². The third-order valence-corrected chi connectivity index (χ3v) is 6.47. The molecule has 0 aliphatic rings. The summed E-state index contributed by atoms with van der Waals surface area (Å²) in [6.45, 7) is 3.43. The molecule has 3 rings (SSSR count). The summed E-state index contributed by atoms with van der Waals surface area (Å²) >= 11 is 8.09. The van der Waals surface area contributed by atoms with Gasteiger partial charge in [-0.05, 0) is 47.2 Å². The molecule has 0 fully saturated rings. The predicted octanol–water partition coefficient (Wildman–Crippen LogP) is 7.44. The van der Waals surface area contributed by atoms with E-state index >= 15 is 0 Å². The van der Waals surface area contributed by atoms with Gasteiger partial charge in [-0.15, -0.1) is 24.0 Å². The highest BCUT2D eigenvalue weighted by Gasteiger charge is 2.17. The van der Waals surface area contributed by atoms with Crippen LogP contribution >= 0.6 is 47.3 Å². The Kier molecular flexibility index (Phi) is 12.5. The lowest BCUT2D eigenvalue weighted by molar-refractivity contribution is 0.394. The van der Waals surface area contributed by atoms with Gasteiger partial charge in [0.2, 0.25) is 0 Å². The van der Waals surface area contributed by atoms with Crippen LogP contribution in [0.5, 0.6) is 23.0 Å². The number of thioether (sulfide) groups is 1. The molecule has 0 saturated heterocycles. The van der Waals surface area contributed by atoms with Crippen molar-refractivity contribution in [1.82, 2.24) is 4.90 Å². The standard InChI is InChI=1S/C27H31ClN2O4S.HI/c1-6-35-27(29-24-15-23(28)25(33-4)16-26(24)34-5)30(17-19-7-11-21(31-2)12-8-19)18-20-9-13-22(32-3)14-10-20;/h7-16H,6,17-18H2,1-5H3;1H. The van der Waals surface area contributed by atoms with Crippen LogP contribution in [0.2, 0.25) is 5.02 Å². The highest BCUT2D eigenvalue weighted by atomic mass is 127. The maximum absolute atomic E-state index is 6.42. The molecule has 0 saturated carbocycles. The number of benzene rings is 3. The van der Waals surface area contributed by atoms with Gasteiger partial charge in [0.25, 0.3) is 0 Å². The summed E-state index contributed by atoms with van der Waals surface area (Å²) in [4.78, 5) is 7.25. The van der Waals surface area contributed by atoms with Gasteiger partial charge in [0, 0.05) is 19.2 Å². The monoisotopic (exact) mass is 642 g/mol. The number of nitrogens with zero attached hydrogens (tertiary/aromatic N) is 2. The average Bonchev–Trinajstić information content (AvgIpc) is 2.89. The molecule has 9 heteroatoms. The molecule has 3 aromatic rings. The van der Waals surface area contributed by atoms with Crippen LogP contribution in [0.1, 0.15) is 18.1 Å². The lowest BCUT2D eigenvalue weighted by Gasteiger charge is -2.26. The fourth-order valence-corrected chi connectivity index (χ4v) is 4.42. The maximum atomic E-state index is 6.42. The zero-order valence-electron chi connectivity index (χ0n) is 21.1. The van der Waals surface area contributed by atoms with Crippen LogP contribution in [0, 0.1) is 0 Å². The molecule has 36 heavy (non-hydrogen) atoms. The van der Waals surface area contributed by atoms with E-state index in [0.29, 0.717) is 35.3 Å². The van der Waals surface area contributed by atoms with Crippen LogP contribution in [0.3, 0.4) is 0 Å². The maximum Gasteiger partial charge on any atom is 0.165 e. The average molecular weight is 643 g/mol. The van der Waals surface area contributed by atoms with E-state index in [4.69, 9.17) is 35.5 Å². The Labute approximate surface area is 240 Å². The Bertz CT molecular complexity index is 1080. The number of hydrogen-bond donors (Lipinski definition) is 0. The minimum absolute atomic E-state index is 0. The number of hydrogen-bond acceptors (Lipinski definition) is 6. The van der Waals surface area contributed by atoms with Gasteiger partial charge in [-0.25, -0.2) is 4.99 Å². The molecule has 6 nitrogen and oxygen atoms in total. The van der Waals surface area contributed by atoms with Gasteiger partial charge in [-0.1, -0.05) is 54.6 Å². The first-order chi connectivity index (χ1) is 17.0. The molecule has 0 radical (unpaired) electrons. The number of rotatable bonds is 10. The number of amidine groups is 1. The highest BCUT2D eigenvalue weighted by molar-refractivity contribution is 14.0. The summed E-state index contributed by atoms with van der Waals surface area (Å²) in [7, 11) is 6.52. The normalized spacial score (nSPS) is 10.9. The summed E-state index contributed by atoms with van der Waals surface area (Å²) in [5.41, 5.74) is 2.93. The third-order valence-electron chi connectivity index (χ3n) is 5.28. The Hall–Kier alpha value is -2.30. The summed E-state index contributed by atoms with van der Waals surface area (Å²) in [5, 5.41) is 1.34. The second-order valence-corrected chi connectivity index (χ2v) is 9.18. The van der Waals surface area contributed by atoms with Crippen LogP contribution in [0.25, 0.3) is 0 Å². The van der Waals surface area contributed by atoms with E-state index in [1.165, 1.54) is 0 Å². The first-order valence-corrected chi connectivity index (χ1v) is 12.5. The van der Waals surface area contributed by atoms with E-state index in [-0.39, 0.29) is 24.0 Å². The number of methoxy groups -OCH3 is 4. The number of halogens is 2. The first-order valence-electron chi connectivity index (χ1n) is 11.1. The fraction of sp³-hybridized carbons (Fsp3) is 0.296. The van der Waals surface area contributed by atoms with Gasteiger partial charge < -0.3 is 23.8 Å². The lowest BCUT2D eigenvalue weighted by atomic mass is 10.1. The van der Waals surface area contributed by atoms with Crippen LogP contribution in [0.4, 0.5) is 5.69 Å². The molecule has 0 spiro atoms. The molecule has 0 heterocycles. The Morgan fingerprint density at radius 1 is 0.778 bits per heavy atom. The Balaban J connectivity index is 0.00000456. The van der Waals surface area contributed by atoms with E-state index in [9.17, 15) is 0 Å². The number of ether oxygens (including phenoxy) is 4. The zero-order valence-corrected chi connectivity index (χ0v) is 25.0. The molecule has 0 aromatic heterocycles. The largest absolute Gasteiger partial charge is 0.497 e. The second-order valence-electron chi connectivity index (χ2n) is 7.54. The smallest absolute Gasteiger partial charge is 0.165 e. The van der Waals surface area contributed by atoms with Crippen molar-refractivity contribution in [2.75, 3.05) is 34.2 Å². The van der Waals surface area contributed by atoms with Gasteiger partial charge in [-0.3, -0.25) is 0 Å². The summed E-state index contributed by atoms with van der Waals surface area (Å²) in [6, 6.07) is 19.7. The lowest BCUT2D eigenvalue weighted by Crippen LogP contribution is -2.28. The Morgan fingerprint density at radius 2 is 1.28 bits per heavy atom. The molecule has 0 aliphatic heterocycles. The van der Waals surface area contributed by atoms with Gasteiger partial charge in [0.05, 0.1) is 33.5 Å². The predicted molar refractivity (Wildman–Crippen MR) is 160 cm³/mol. The topological polar surface area (TPSA) is 52.5 Å². The molecule has 3 aromatic carbocycles. The van der Waals surface area contributed by atoms with Crippen LogP contribution in [-0.4, -0.2) is 44.3 Å². The minimum Gasteiger partial charge on any atom is -0.497 e. The molecule has 0 unspecified atom stereocenters. The van der Waals surface area contributed by atoms with Crippen molar-refractivity contribution in [3.8, 4) is 23.0 Å². The second kappa shape index (κ2) is 15.1. The van der Waals surface area contributed by atoms with E-state index in [1.807, 2.05) is 24.3 Å². The summed E-state index contributed by atoms with van der Waals surface area (Å²) < 4.78 is 21.6. The summed E-state index contributed by atoms with van der Waals surface area (Å²) in [6.07, 6.45) is 0. The van der Waals surface area contributed by atoms with Gasteiger partial charge >= 0.3 is 0 Å². The SMILES string of the molecule is CCSC(=Nc1cc(Cl)c(OC)cc1OC)N(Cc1ccc(OC)cc1)Cc1ccc(OC)cc1.I. The molecule has 0 N–H and O–H groups in total. The van der Waals surface area contributed by atoms with Gasteiger partial charge in [-0.2, -0.15) is 0 Å². The van der Waals surface area contributed by atoms with Crippen LogP contribution < -0.4 is 18.9 Å². The van der Waals surface area contributed by atoms with Crippen molar-refractivity contribution in [3.63, 3.8) is 0 Å². The van der Waals surface area contributed by atoms with E-state index in [0.717, 1.165) is 33.5 Å². The fourth-order valence-electron chi connectivity index (χ4n) is 3.45. The van der Waals surface area contributed by atoms with E-state index < -0.39 is 0 Å². The Morgan fingerprint density at radius 3 is 1.69 bits per heavy atom. The van der Waals surface area contributed by atoms with Crippen LogP contribution in [-0.2, 0) is 13.1 Å². The van der Waals surface area contributed by atoms with Gasteiger partial charge in [0.1, 0.15) is 28.7 Å². The molecule has 0 bridgehead atoms. The highest BCUT2D eigenvalue weighted by Crippen LogP contribution is 2.38. The van der Waals surface area contributed by atoms with E-state index in [1.54, 1.807) is 52.3 Å². The first kappa shape index (κ1) is 29.9. The molecule has 0 aliphatic carbocycles. The van der Waals surface area contributed by atoms with Crippen molar-refractivity contribution in [2.24, 2.45) is 4.99 Å². The van der Waals surface area contributed by atoms with Crippen molar-refractivity contribution >= 4 is 58.2 Å². The van der Waals surface area contributed by atoms with Gasteiger partial charge in [0.15, 0.2) is 5.17 Å². The molecule has 0 amide bonds. The minimum atomic E-state index is 0. The van der Waals surface area contributed by atoms with E-state index in [2.05, 4.69) is 36.1 Å². The number of aliphatic imine (C=N–C) groups is 1. The molecular formula is C27H32ClIN2O4S. The molecular weight excluding hydrogens is 611 g/mol. The molecule has 194 valence electrons. The quantitative estimate of drug-likeness (QED) is 0.130. The summed E-state index contributed by atoms with van der Waals surface area (Å²) in [5.74, 6) is 3.64. The van der Waals surface area contributed by atoms with Crippen molar-refractivity contribution < 1.29 is 18.9 Å². The zero-order chi connectivity index (χ0) is 25.2. The molecule has 0 atom stereocenters. The van der Waals surface area contributed by atoms with Crippen molar-refractivity contribution in [3.05, 3.63) is 76.8 Å². The van der Waals surface area contributed by atoms with Crippen molar-refractivity contribution in [2.45, 2.75) is 20.0 Å². The third kappa shape index (κ3) is 8.11.